The molecule has 0 aromatic rings. The Labute approximate surface area is 97.1 Å². The van der Waals surface area contributed by atoms with Gasteiger partial charge in [-0.3, -0.25) is 5.04 Å². The number of carbonyl (C=O) groups excluding carboxylic acids is 1. The van der Waals surface area contributed by atoms with Crippen molar-refractivity contribution >= 4 is 18.0 Å². The molecule has 1 atom stereocenters. The van der Waals surface area contributed by atoms with Gasteiger partial charge in [0.15, 0.2) is 0 Å². The highest BCUT2D eigenvalue weighted by atomic mass is 32.2. The van der Waals surface area contributed by atoms with Gasteiger partial charge in [-0.05, 0) is 18.8 Å². The van der Waals surface area contributed by atoms with Crippen molar-refractivity contribution in [1.82, 2.24) is 0 Å². The fourth-order valence-electron chi connectivity index (χ4n) is 0.829. The van der Waals surface area contributed by atoms with Gasteiger partial charge in [-0.2, -0.15) is 17.5 Å². The zero-order valence-corrected chi connectivity index (χ0v) is 8.98. The minimum atomic E-state index is -5.59. The average molecular weight is 279 g/mol. The first-order valence-electron chi connectivity index (χ1n) is 4.38. The van der Waals surface area contributed by atoms with Crippen LogP contribution in [0.2, 0.25) is 0 Å². The van der Waals surface area contributed by atoms with Crippen molar-refractivity contribution in [3.63, 3.8) is 0 Å². The Bertz CT molecular complexity index is 282. The topological polar surface area (TPSA) is 67.8 Å². The lowest BCUT2D eigenvalue weighted by Gasteiger charge is -2.23. The summed E-state index contributed by atoms with van der Waals surface area (Å²) in [6.45, 7) is -0.292. The average Bonchev–Trinajstić information content (AvgIpc) is 3.04. The number of hydrogen-bond acceptors (Lipinski definition) is 6. The van der Waals surface area contributed by atoms with Crippen molar-refractivity contribution in [2.45, 2.75) is 24.0 Å². The van der Waals surface area contributed by atoms with Crippen molar-refractivity contribution in [3.05, 3.63) is 0 Å². The van der Waals surface area contributed by atoms with E-state index in [1.54, 1.807) is 0 Å². The van der Waals surface area contributed by atoms with E-state index in [0.717, 1.165) is 0 Å². The van der Waals surface area contributed by atoms with Gasteiger partial charge in [0, 0.05) is 0 Å². The van der Waals surface area contributed by atoms with E-state index >= 15 is 0 Å². The maximum atomic E-state index is 13.4. The second-order valence-corrected chi connectivity index (χ2v) is 4.22. The van der Waals surface area contributed by atoms with Gasteiger partial charge >= 0.3 is 17.1 Å². The van der Waals surface area contributed by atoms with Crippen molar-refractivity contribution in [1.29, 1.82) is 0 Å². The van der Waals surface area contributed by atoms with Crippen molar-refractivity contribution in [2.24, 2.45) is 5.92 Å². The van der Waals surface area contributed by atoms with E-state index in [-0.39, 0.29) is 12.5 Å². The zero-order valence-electron chi connectivity index (χ0n) is 8.16. The van der Waals surface area contributed by atoms with Gasteiger partial charge in [0.1, 0.15) is 0 Å². The quantitative estimate of drug-likeness (QED) is 0.238. The standard InChI is InChI=1S/C7H8F4O5S/c8-6(7(9,10)11,17-16-15-13)5(12)14-3-4-1-2-4/h4,13H,1-3H2/p-1. The van der Waals surface area contributed by atoms with E-state index in [2.05, 4.69) is 14.1 Å². The van der Waals surface area contributed by atoms with Crippen molar-refractivity contribution in [3.8, 4) is 0 Å². The summed E-state index contributed by atoms with van der Waals surface area (Å²) >= 11 is -1.09. The van der Waals surface area contributed by atoms with Crippen LogP contribution in [0.1, 0.15) is 12.8 Å². The number of hydrogen-bond donors (Lipinski definition) is 0. The minimum absolute atomic E-state index is 0.0295. The summed E-state index contributed by atoms with van der Waals surface area (Å²) in [6, 6.07) is 0. The molecular weight excluding hydrogens is 272 g/mol. The molecule has 10 heteroatoms. The molecule has 1 saturated carbocycles. The van der Waals surface area contributed by atoms with Crippen LogP contribution in [0.25, 0.3) is 0 Å². The normalized spacial score (nSPS) is 19.8. The molecule has 5 nitrogen and oxygen atoms in total. The third-order valence-electron chi connectivity index (χ3n) is 1.95. The smallest absolute Gasteiger partial charge is 0.446 e. The highest BCUT2D eigenvalue weighted by molar-refractivity contribution is 7.96. The van der Waals surface area contributed by atoms with E-state index < -0.39 is 29.2 Å². The molecule has 0 amide bonds. The van der Waals surface area contributed by atoms with E-state index in [4.69, 9.17) is 0 Å². The molecule has 1 fully saturated rings. The van der Waals surface area contributed by atoms with Gasteiger partial charge in [-0.15, -0.1) is 0 Å². The third kappa shape index (κ3) is 3.69. The summed E-state index contributed by atoms with van der Waals surface area (Å²) < 4.78 is 57.6. The number of carbonyl (C=O) groups is 1. The Hall–Kier alpha value is -0.580. The predicted octanol–water partition coefficient (Wildman–Crippen LogP) is 1.04. The summed E-state index contributed by atoms with van der Waals surface area (Å²) in [5, 5.41) is 7.48. The van der Waals surface area contributed by atoms with Crippen LogP contribution < -0.4 is 5.26 Å². The molecule has 1 aliphatic rings. The molecule has 1 aliphatic carbocycles. The summed E-state index contributed by atoms with van der Waals surface area (Å²) in [5.41, 5.74) is 0. The molecule has 0 bridgehead atoms. The van der Waals surface area contributed by atoms with Gasteiger partial charge in [-0.25, -0.2) is 9.18 Å². The molecule has 0 spiro atoms. The van der Waals surface area contributed by atoms with Crippen LogP contribution in [0, 0.1) is 5.92 Å². The second kappa shape index (κ2) is 5.38. The van der Waals surface area contributed by atoms with Gasteiger partial charge in [0.2, 0.25) is 0 Å². The van der Waals surface area contributed by atoms with E-state index in [9.17, 15) is 27.6 Å². The van der Waals surface area contributed by atoms with Crippen molar-refractivity contribution < 1.29 is 41.7 Å². The lowest BCUT2D eigenvalue weighted by molar-refractivity contribution is -0.777. The van der Waals surface area contributed by atoms with Crippen LogP contribution in [0.5, 0.6) is 0 Å². The lowest BCUT2D eigenvalue weighted by Crippen LogP contribution is -2.46. The number of halogens is 4. The highest BCUT2D eigenvalue weighted by Crippen LogP contribution is 2.44. The Morgan fingerprint density at radius 1 is 1.35 bits per heavy atom. The van der Waals surface area contributed by atoms with E-state index in [1.807, 2.05) is 0 Å². The molecule has 0 heterocycles. The highest BCUT2D eigenvalue weighted by Gasteiger charge is 2.65. The number of alkyl halides is 4. The zero-order chi connectivity index (χ0) is 13.1. The van der Waals surface area contributed by atoms with Crippen LogP contribution >= 0.6 is 12.0 Å². The van der Waals surface area contributed by atoms with Gasteiger partial charge in [-0.1, -0.05) is 0 Å². The van der Waals surface area contributed by atoms with Crippen LogP contribution in [0.3, 0.4) is 0 Å². The maximum absolute atomic E-state index is 13.4. The lowest BCUT2D eigenvalue weighted by atomic mass is 10.3. The van der Waals surface area contributed by atoms with Gasteiger partial charge in [0.25, 0.3) is 0 Å². The molecule has 0 aromatic heterocycles. The first kappa shape index (κ1) is 14.5. The molecule has 1 rings (SSSR count). The van der Waals surface area contributed by atoms with Crippen molar-refractivity contribution in [2.75, 3.05) is 6.61 Å². The molecule has 1 unspecified atom stereocenters. The summed E-state index contributed by atoms with van der Waals surface area (Å²) in [5.74, 6) is -2.20. The summed E-state index contributed by atoms with van der Waals surface area (Å²) in [4.78, 5) is 11.0. The molecule has 0 radical (unpaired) electrons. The SMILES string of the molecule is O=C(OCC1CC1)C(F)(SOO[O-])C(F)(F)F. The molecule has 17 heavy (non-hydrogen) atoms. The summed E-state index contributed by atoms with van der Waals surface area (Å²) in [6.07, 6.45) is -4.16. The van der Waals surface area contributed by atoms with Crippen LogP contribution in [-0.4, -0.2) is 23.8 Å². The predicted molar refractivity (Wildman–Crippen MR) is 43.3 cm³/mol. The third-order valence-corrected chi connectivity index (χ3v) is 2.70. The Morgan fingerprint density at radius 3 is 2.35 bits per heavy atom. The largest absolute Gasteiger partial charge is 0.691 e. The number of esters is 1. The Morgan fingerprint density at radius 2 is 1.94 bits per heavy atom. The summed E-state index contributed by atoms with van der Waals surface area (Å²) in [7, 11) is 0. The fourth-order valence-corrected chi connectivity index (χ4v) is 1.17. The van der Waals surface area contributed by atoms with E-state index in [0.29, 0.717) is 12.8 Å². The van der Waals surface area contributed by atoms with Crippen LogP contribution in [0.15, 0.2) is 0 Å². The fraction of sp³-hybridized carbons (Fsp3) is 0.857. The molecule has 0 saturated heterocycles. The number of ether oxygens (including phenoxy) is 1. The molecule has 0 aromatic carbocycles. The van der Waals surface area contributed by atoms with Gasteiger partial charge < -0.3 is 9.99 Å². The number of rotatable bonds is 6. The first-order chi connectivity index (χ1) is 7.81. The van der Waals surface area contributed by atoms with Crippen LogP contribution in [0.4, 0.5) is 17.6 Å². The molecule has 0 aliphatic heterocycles. The molecule has 0 N–H and O–H groups in total. The Kier molecular flexibility index (Phi) is 4.58. The molecular formula is C7H7F4O5S-. The maximum Gasteiger partial charge on any atom is 0.446 e. The Balaban J connectivity index is 2.62. The molecule has 100 valence electrons. The van der Waals surface area contributed by atoms with E-state index in [1.165, 1.54) is 0 Å². The second-order valence-electron chi connectivity index (χ2n) is 3.35. The van der Waals surface area contributed by atoms with Gasteiger partial charge in [0.05, 0.1) is 18.6 Å². The van der Waals surface area contributed by atoms with Crippen LogP contribution in [-0.2, 0) is 18.9 Å². The monoisotopic (exact) mass is 279 g/mol. The first-order valence-corrected chi connectivity index (χ1v) is 5.12. The minimum Gasteiger partial charge on any atom is -0.691 e.